The number of fused-ring (bicyclic) bond motifs is 1. The van der Waals surface area contributed by atoms with Gasteiger partial charge in [-0.05, 0) is 37.1 Å². The Morgan fingerprint density at radius 3 is 1.95 bits per heavy atom. The number of pyridine rings is 1. The van der Waals surface area contributed by atoms with Gasteiger partial charge in [-0.3, -0.25) is 53.1 Å². The summed E-state index contributed by atoms with van der Waals surface area (Å²) in [6, 6.07) is 3.58. The third-order valence-electron chi connectivity index (χ3n) is 13.2. The number of ketones is 1. The van der Waals surface area contributed by atoms with E-state index in [4.69, 9.17) is 9.84 Å². The fourth-order valence-corrected chi connectivity index (χ4v) is 9.06. The second-order valence-electron chi connectivity index (χ2n) is 19.0. The number of carbonyl (C=O) groups excluding carboxylic acids is 5. The van der Waals surface area contributed by atoms with Crippen molar-refractivity contribution in [1.29, 1.82) is 5.26 Å². The van der Waals surface area contributed by atoms with E-state index in [2.05, 4.69) is 30.5 Å². The van der Waals surface area contributed by atoms with Crippen LogP contribution in [0.5, 0.6) is 5.75 Å². The van der Waals surface area contributed by atoms with Crippen LogP contribution in [-0.4, -0.2) is 205 Å². The molecule has 4 aromatic rings. The molecule has 2 fully saturated rings. The minimum absolute atomic E-state index is 0.124. The number of aromatic nitrogens is 5. The number of nitrogens with zero attached hydrogens (tertiary/aromatic N) is 10. The lowest BCUT2D eigenvalue weighted by Crippen LogP contribution is -2.51. The van der Waals surface area contributed by atoms with Gasteiger partial charge >= 0.3 is 29.8 Å². The fraction of sp³-hybridized carbons (Fsp3) is 0.480. The second kappa shape index (κ2) is 27.6. The lowest BCUT2D eigenvalue weighted by atomic mass is 10.00. The van der Waals surface area contributed by atoms with Gasteiger partial charge in [0, 0.05) is 107 Å². The molecule has 0 bridgehead atoms. The Bertz CT molecular complexity index is 3000. The maximum atomic E-state index is 14.1. The first kappa shape index (κ1) is 60.3. The van der Waals surface area contributed by atoms with Gasteiger partial charge in [-0.1, -0.05) is 0 Å². The molecular weight excluding hydrogens is 1060 g/mol. The van der Waals surface area contributed by atoms with Crippen molar-refractivity contribution in [2.24, 2.45) is 5.92 Å². The molecular formula is C50H58F2N12O16. The maximum absolute atomic E-state index is 14.1. The van der Waals surface area contributed by atoms with Gasteiger partial charge in [0.15, 0.2) is 11.7 Å². The van der Waals surface area contributed by atoms with E-state index in [-0.39, 0.29) is 68.6 Å². The van der Waals surface area contributed by atoms with Gasteiger partial charge in [0.2, 0.25) is 23.6 Å². The van der Waals surface area contributed by atoms with Crippen LogP contribution in [0, 0.1) is 17.2 Å². The third-order valence-corrected chi connectivity index (χ3v) is 13.2. The minimum Gasteiger partial charge on any atom is -0.494 e. The van der Waals surface area contributed by atoms with Crippen molar-refractivity contribution in [3.05, 3.63) is 72.5 Å². The first-order valence-electron chi connectivity index (χ1n) is 25.1. The summed E-state index contributed by atoms with van der Waals surface area (Å²) in [4.78, 5) is 143. The van der Waals surface area contributed by atoms with Gasteiger partial charge in [-0.25, -0.2) is 28.3 Å². The maximum Gasteiger partial charge on any atom is 0.326 e. The highest BCUT2D eigenvalue weighted by Gasteiger charge is 2.47. The number of alkyl halides is 2. The molecule has 0 unspecified atom stereocenters. The SMILES string of the molecule is N#C[C@@H]1CC(F)(F)CN1C(=O)CCC(=O)c1ccnc2ccc(OCCCN3CCN(C(=O)CN(Cc4nccn4CC(=O)N[C@@H](CCC(=O)O)C(=O)O)Cc4nccn4CC(=O)N[C@@H](CC(C(=O)O)C(=O)O)C(=O)O)CC3)cc12. The summed E-state index contributed by atoms with van der Waals surface area (Å²) in [5.41, 5.74) is 0.749. The van der Waals surface area contributed by atoms with Crippen LogP contribution in [0.3, 0.4) is 0 Å². The number of likely N-dealkylation sites (tertiary alicyclic amines) is 1. The number of benzene rings is 1. The van der Waals surface area contributed by atoms with E-state index in [1.165, 1.54) is 46.2 Å². The number of aliphatic carboxylic acids is 5. The highest BCUT2D eigenvalue weighted by atomic mass is 19.3. The average Bonchev–Trinajstić information content (AvgIpc) is 4.18. The quantitative estimate of drug-likeness (QED) is 0.0207. The van der Waals surface area contributed by atoms with E-state index >= 15 is 0 Å². The number of ether oxygens (including phenoxy) is 1. The highest BCUT2D eigenvalue weighted by molar-refractivity contribution is 6.08. The Labute approximate surface area is 453 Å². The number of nitrogens with one attached hydrogen (secondary N) is 2. The van der Waals surface area contributed by atoms with Gasteiger partial charge < -0.3 is 59.8 Å². The number of amides is 4. The molecule has 2 aliphatic heterocycles. The van der Waals surface area contributed by atoms with E-state index in [1.54, 1.807) is 34.1 Å². The number of carboxylic acids is 5. The number of halogens is 2. The molecule has 428 valence electrons. The molecule has 0 radical (unpaired) electrons. The molecule has 2 saturated heterocycles. The molecule has 80 heavy (non-hydrogen) atoms. The number of rotatable bonds is 30. The predicted octanol–water partition coefficient (Wildman–Crippen LogP) is 0.145. The smallest absolute Gasteiger partial charge is 0.326 e. The number of nitriles is 1. The lowest BCUT2D eigenvalue weighted by molar-refractivity contribution is -0.156. The molecule has 6 rings (SSSR count). The number of Topliss-reactive ketones (excluding diaryl/α,β-unsaturated/α-hetero) is 1. The van der Waals surface area contributed by atoms with Gasteiger partial charge in [0.1, 0.15) is 48.6 Å². The predicted molar refractivity (Wildman–Crippen MR) is 267 cm³/mol. The largest absolute Gasteiger partial charge is 0.494 e. The van der Waals surface area contributed by atoms with Crippen LogP contribution in [0.2, 0.25) is 0 Å². The second-order valence-corrected chi connectivity index (χ2v) is 19.0. The third kappa shape index (κ3) is 17.0. The minimum atomic E-state index is -3.18. The summed E-state index contributed by atoms with van der Waals surface area (Å²) in [6.07, 6.45) is 4.27. The zero-order chi connectivity index (χ0) is 58.3. The number of carboxylic acid groups (broad SMARTS) is 5. The summed E-state index contributed by atoms with van der Waals surface area (Å²) >= 11 is 0. The molecule has 7 N–H and O–H groups in total. The van der Waals surface area contributed by atoms with E-state index in [9.17, 15) is 82.4 Å². The summed E-state index contributed by atoms with van der Waals surface area (Å²) in [6.45, 7) is 0.0526. The van der Waals surface area contributed by atoms with Crippen molar-refractivity contribution in [2.75, 3.05) is 52.4 Å². The molecule has 4 amide bonds. The van der Waals surface area contributed by atoms with Crippen molar-refractivity contribution < 1.29 is 87.0 Å². The molecule has 0 spiro atoms. The monoisotopic (exact) mass is 1120 g/mol. The number of hydrogen-bond donors (Lipinski definition) is 7. The van der Waals surface area contributed by atoms with E-state index in [0.717, 1.165) is 4.90 Å². The molecule has 0 saturated carbocycles. The first-order valence-corrected chi connectivity index (χ1v) is 25.1. The van der Waals surface area contributed by atoms with E-state index in [1.807, 2.05) is 0 Å². The molecule has 2 aliphatic rings. The zero-order valence-electron chi connectivity index (χ0n) is 42.9. The standard InChI is InChI=1S/C50H58F2N12O16/c51-50(52)22-30(23-53)64(29-50)43(68)6-5-38(65)32-8-9-54-35-3-2-31(20-33(32)35)80-19-1-12-59-15-17-61(18-16-59)44(69)28-60(24-39-55-10-13-62(39)26-41(66)57-36(48(76)77)4-7-45(70)71)25-40-56-11-14-63(40)27-42(67)58-37(49(78)79)21-34(46(72)73)47(74)75/h2-3,8-11,13-14,20,30,34,36-37H,1,4-7,12,15-19,21-22,24-29H2,(H,57,66)(H,58,67)(H,70,71)(H,72,73)(H,74,75)(H,76,77)(H,78,79)/t30-,36-,37-/m0/s1. The lowest BCUT2D eigenvalue weighted by Gasteiger charge is -2.35. The van der Waals surface area contributed by atoms with Gasteiger partial charge in [-0.15, -0.1) is 0 Å². The van der Waals surface area contributed by atoms with Gasteiger partial charge in [-0.2, -0.15) is 5.26 Å². The highest BCUT2D eigenvalue weighted by Crippen LogP contribution is 2.32. The summed E-state index contributed by atoms with van der Waals surface area (Å²) in [7, 11) is 0. The van der Waals surface area contributed by atoms with E-state index < -0.39 is 122 Å². The Morgan fingerprint density at radius 1 is 0.762 bits per heavy atom. The van der Waals surface area contributed by atoms with Crippen LogP contribution >= 0.6 is 0 Å². The summed E-state index contributed by atoms with van der Waals surface area (Å²) in [5.74, 6) is -15.6. The van der Waals surface area contributed by atoms with Crippen LogP contribution in [0.4, 0.5) is 8.78 Å². The summed E-state index contributed by atoms with van der Waals surface area (Å²) in [5, 5.41) is 61.0. The summed E-state index contributed by atoms with van der Waals surface area (Å²) < 4.78 is 36.6. The van der Waals surface area contributed by atoms with Gasteiger partial charge in [0.05, 0.1) is 44.4 Å². The molecule has 1 aromatic carbocycles. The molecule has 28 nitrogen and oxygen atoms in total. The van der Waals surface area contributed by atoms with Crippen LogP contribution < -0.4 is 15.4 Å². The number of carbonyl (C=O) groups is 10. The van der Waals surface area contributed by atoms with Crippen molar-refractivity contribution in [1.82, 2.24) is 54.3 Å². The molecule has 3 atom stereocenters. The molecule has 3 aromatic heterocycles. The van der Waals surface area contributed by atoms with E-state index in [0.29, 0.717) is 55.8 Å². The van der Waals surface area contributed by atoms with Crippen molar-refractivity contribution in [3.8, 4) is 11.8 Å². The van der Waals surface area contributed by atoms with Crippen molar-refractivity contribution >= 4 is 70.2 Å². The number of imidazole rings is 2. The Kier molecular flexibility index (Phi) is 20.8. The normalized spacial score (nSPS) is 16.0. The molecule has 5 heterocycles. The zero-order valence-corrected chi connectivity index (χ0v) is 42.9. The Morgan fingerprint density at radius 2 is 1.38 bits per heavy atom. The first-order chi connectivity index (χ1) is 38.0. The van der Waals surface area contributed by atoms with Crippen LogP contribution in [0.1, 0.15) is 67.0 Å². The van der Waals surface area contributed by atoms with Gasteiger partial charge in [0.25, 0.3) is 5.92 Å². The van der Waals surface area contributed by atoms with Crippen LogP contribution in [-0.2, 0) is 69.3 Å². The topological polar surface area (TPSA) is 390 Å². The van der Waals surface area contributed by atoms with Crippen LogP contribution in [0.25, 0.3) is 10.9 Å². The molecule has 30 heteroatoms. The molecule has 0 aliphatic carbocycles. The number of hydrogen-bond acceptors (Lipinski definition) is 17. The van der Waals surface area contributed by atoms with Crippen LogP contribution in [0.15, 0.2) is 55.2 Å². The number of piperazine rings is 1. The Balaban J connectivity index is 1.05. The fourth-order valence-electron chi connectivity index (χ4n) is 9.06. The average molecular weight is 1120 g/mol. The Hall–Kier alpha value is -8.98. The van der Waals surface area contributed by atoms with Crippen molar-refractivity contribution in [2.45, 2.75) is 95.2 Å². The van der Waals surface area contributed by atoms with Crippen molar-refractivity contribution in [3.63, 3.8) is 0 Å².